The molecule has 0 radical (unpaired) electrons. The van der Waals surface area contributed by atoms with Gasteiger partial charge in [-0.05, 0) is 17.9 Å². The van der Waals surface area contributed by atoms with E-state index in [4.69, 9.17) is 4.84 Å². The van der Waals surface area contributed by atoms with E-state index >= 15 is 0 Å². The van der Waals surface area contributed by atoms with Crippen LogP contribution in [0.1, 0.15) is 13.3 Å². The van der Waals surface area contributed by atoms with Crippen molar-refractivity contribution in [3.63, 3.8) is 0 Å². The summed E-state index contributed by atoms with van der Waals surface area (Å²) < 4.78 is 0. The molecule has 0 saturated carbocycles. The van der Waals surface area contributed by atoms with E-state index in [1.807, 2.05) is 30.3 Å². The van der Waals surface area contributed by atoms with Gasteiger partial charge in [-0.25, -0.2) is 0 Å². The first-order chi connectivity index (χ1) is 7.83. The number of hydrogen-bond acceptors (Lipinski definition) is 3. The van der Waals surface area contributed by atoms with E-state index in [2.05, 4.69) is 12.4 Å². The lowest BCUT2D eigenvalue weighted by Gasteiger charge is -2.10. The van der Waals surface area contributed by atoms with Crippen molar-refractivity contribution in [2.45, 2.75) is 13.3 Å². The third kappa shape index (κ3) is 2.09. The second-order valence-corrected chi connectivity index (χ2v) is 3.63. The number of aromatic hydroxyl groups is 1. The number of fused-ring (bicyclic) bond motifs is 1. The number of phenols is 1. The Kier molecular flexibility index (Phi) is 3.27. The van der Waals surface area contributed by atoms with Crippen LogP contribution in [0.4, 0.5) is 0 Å². The van der Waals surface area contributed by atoms with Crippen molar-refractivity contribution in [2.75, 3.05) is 6.54 Å². The lowest BCUT2D eigenvalue weighted by molar-refractivity contribution is 0.191. The quantitative estimate of drug-likeness (QED) is 0.611. The van der Waals surface area contributed by atoms with Crippen molar-refractivity contribution in [3.8, 4) is 11.5 Å². The Bertz CT molecular complexity index is 482. The normalized spacial score (nSPS) is 10.6. The van der Waals surface area contributed by atoms with Crippen molar-refractivity contribution < 1.29 is 9.94 Å². The van der Waals surface area contributed by atoms with Gasteiger partial charge in [0, 0.05) is 11.9 Å². The van der Waals surface area contributed by atoms with Crippen LogP contribution in [-0.2, 0) is 0 Å². The van der Waals surface area contributed by atoms with Gasteiger partial charge < -0.3 is 9.94 Å². The van der Waals surface area contributed by atoms with Crippen LogP contribution in [0.3, 0.4) is 0 Å². The van der Waals surface area contributed by atoms with E-state index in [1.165, 1.54) is 0 Å². The first kappa shape index (κ1) is 10.8. The molecule has 2 rings (SSSR count). The second-order valence-electron chi connectivity index (χ2n) is 3.63. The smallest absolute Gasteiger partial charge is 0.196 e. The number of benzene rings is 2. The highest BCUT2D eigenvalue weighted by atomic mass is 16.6. The second kappa shape index (κ2) is 4.86. The Balaban J connectivity index is 2.37. The van der Waals surface area contributed by atoms with Crippen LogP contribution >= 0.6 is 0 Å². The minimum Gasteiger partial charge on any atom is -0.504 e. The van der Waals surface area contributed by atoms with Crippen molar-refractivity contribution in [3.05, 3.63) is 36.4 Å². The predicted octanol–water partition coefficient (Wildman–Crippen LogP) is 2.84. The lowest BCUT2D eigenvalue weighted by atomic mass is 10.1. The van der Waals surface area contributed by atoms with E-state index in [0.29, 0.717) is 5.75 Å². The van der Waals surface area contributed by atoms with Crippen LogP contribution in [0.25, 0.3) is 10.8 Å². The number of hydrogen-bond donors (Lipinski definition) is 2. The zero-order valence-corrected chi connectivity index (χ0v) is 9.23. The fourth-order valence-corrected chi connectivity index (χ4v) is 1.56. The molecule has 0 spiro atoms. The fourth-order valence-electron chi connectivity index (χ4n) is 1.56. The van der Waals surface area contributed by atoms with Crippen LogP contribution in [0.15, 0.2) is 36.4 Å². The summed E-state index contributed by atoms with van der Waals surface area (Å²) >= 11 is 0. The average molecular weight is 217 g/mol. The van der Waals surface area contributed by atoms with Crippen LogP contribution in [0, 0.1) is 0 Å². The summed E-state index contributed by atoms with van der Waals surface area (Å²) in [6.45, 7) is 2.81. The maximum absolute atomic E-state index is 9.74. The molecule has 3 nitrogen and oxygen atoms in total. The molecule has 2 N–H and O–H groups in total. The molecular formula is C13H15NO2. The summed E-state index contributed by atoms with van der Waals surface area (Å²) in [5.74, 6) is 0.647. The van der Waals surface area contributed by atoms with Crippen LogP contribution in [0.2, 0.25) is 0 Å². The summed E-state index contributed by atoms with van der Waals surface area (Å²) in [4.78, 5) is 5.39. The largest absolute Gasteiger partial charge is 0.504 e. The molecule has 0 amide bonds. The van der Waals surface area contributed by atoms with Crippen LogP contribution in [-0.4, -0.2) is 11.7 Å². The minimum atomic E-state index is 0.155. The molecule has 0 bridgehead atoms. The molecule has 2 aromatic carbocycles. The first-order valence-corrected chi connectivity index (χ1v) is 5.43. The molecule has 3 heteroatoms. The number of hydroxylamine groups is 1. The van der Waals surface area contributed by atoms with Gasteiger partial charge in [0.2, 0.25) is 0 Å². The Morgan fingerprint density at radius 2 is 2.00 bits per heavy atom. The molecule has 2 aromatic rings. The lowest BCUT2D eigenvalue weighted by Crippen LogP contribution is -2.19. The molecule has 0 aromatic heterocycles. The summed E-state index contributed by atoms with van der Waals surface area (Å²) in [6, 6.07) is 11.3. The summed E-state index contributed by atoms with van der Waals surface area (Å²) in [7, 11) is 0. The molecule has 0 aliphatic heterocycles. The highest BCUT2D eigenvalue weighted by Gasteiger charge is 2.07. The number of phenolic OH excluding ortho intramolecular Hbond substituents is 1. The van der Waals surface area contributed by atoms with Crippen LogP contribution < -0.4 is 10.3 Å². The Morgan fingerprint density at radius 1 is 1.19 bits per heavy atom. The maximum atomic E-state index is 9.74. The van der Waals surface area contributed by atoms with Crippen molar-refractivity contribution in [1.29, 1.82) is 0 Å². The summed E-state index contributed by atoms with van der Waals surface area (Å²) in [5.41, 5.74) is 2.82. The van der Waals surface area contributed by atoms with Gasteiger partial charge in [0.25, 0.3) is 0 Å². The Labute approximate surface area is 94.6 Å². The molecular weight excluding hydrogens is 202 g/mol. The monoisotopic (exact) mass is 217 g/mol. The highest BCUT2D eigenvalue weighted by molar-refractivity contribution is 5.90. The molecule has 0 aliphatic carbocycles. The SMILES string of the molecule is CCCNOc1c(O)ccc2ccccc12. The fraction of sp³-hybridized carbons (Fsp3) is 0.231. The third-order valence-corrected chi connectivity index (χ3v) is 2.39. The topological polar surface area (TPSA) is 41.5 Å². The van der Waals surface area contributed by atoms with Gasteiger partial charge in [-0.3, -0.25) is 0 Å². The molecule has 0 heterocycles. The number of rotatable bonds is 4. The molecule has 0 unspecified atom stereocenters. The van der Waals surface area contributed by atoms with Crippen molar-refractivity contribution in [1.82, 2.24) is 5.48 Å². The van der Waals surface area contributed by atoms with E-state index in [1.54, 1.807) is 6.07 Å². The van der Waals surface area contributed by atoms with Gasteiger partial charge in [-0.1, -0.05) is 37.3 Å². The van der Waals surface area contributed by atoms with Gasteiger partial charge in [-0.2, -0.15) is 5.48 Å². The van der Waals surface area contributed by atoms with E-state index < -0.39 is 0 Å². The van der Waals surface area contributed by atoms with Gasteiger partial charge in [0.15, 0.2) is 11.5 Å². The highest BCUT2D eigenvalue weighted by Crippen LogP contribution is 2.33. The van der Waals surface area contributed by atoms with E-state index in [0.717, 1.165) is 23.7 Å². The molecule has 0 aliphatic rings. The minimum absolute atomic E-state index is 0.155. The standard InChI is InChI=1S/C13H15NO2/c1-2-9-14-16-13-11-6-4-3-5-10(11)7-8-12(13)15/h3-8,14-15H,2,9H2,1H3. The maximum Gasteiger partial charge on any atom is 0.196 e. The zero-order chi connectivity index (χ0) is 11.4. The zero-order valence-electron chi connectivity index (χ0n) is 9.23. The van der Waals surface area contributed by atoms with Crippen molar-refractivity contribution >= 4 is 10.8 Å². The average Bonchev–Trinajstić information content (AvgIpc) is 2.32. The Hall–Kier alpha value is -1.74. The van der Waals surface area contributed by atoms with Gasteiger partial charge in [0.1, 0.15) is 0 Å². The summed E-state index contributed by atoms with van der Waals surface area (Å²) in [6.07, 6.45) is 0.978. The molecule has 0 fully saturated rings. The third-order valence-electron chi connectivity index (χ3n) is 2.39. The van der Waals surface area contributed by atoms with Gasteiger partial charge >= 0.3 is 0 Å². The molecule has 0 saturated heterocycles. The molecule has 16 heavy (non-hydrogen) atoms. The Morgan fingerprint density at radius 3 is 2.81 bits per heavy atom. The van der Waals surface area contributed by atoms with Crippen LogP contribution in [0.5, 0.6) is 11.5 Å². The van der Waals surface area contributed by atoms with E-state index in [9.17, 15) is 5.11 Å². The summed E-state index contributed by atoms with van der Waals surface area (Å²) in [5, 5.41) is 11.7. The van der Waals surface area contributed by atoms with Gasteiger partial charge in [-0.15, -0.1) is 0 Å². The first-order valence-electron chi connectivity index (χ1n) is 5.43. The molecule has 0 atom stereocenters. The van der Waals surface area contributed by atoms with E-state index in [-0.39, 0.29) is 5.75 Å². The molecule has 84 valence electrons. The van der Waals surface area contributed by atoms with Gasteiger partial charge in [0.05, 0.1) is 0 Å². The number of nitrogens with one attached hydrogen (secondary N) is 1. The van der Waals surface area contributed by atoms with Crippen molar-refractivity contribution in [2.24, 2.45) is 0 Å². The predicted molar refractivity (Wildman–Crippen MR) is 64.5 cm³/mol.